The van der Waals surface area contributed by atoms with E-state index in [4.69, 9.17) is 10.5 Å². The summed E-state index contributed by atoms with van der Waals surface area (Å²) in [7, 11) is 0. The number of nitrogen functional groups attached to an aromatic ring is 1. The summed E-state index contributed by atoms with van der Waals surface area (Å²) in [6.07, 6.45) is 1.85. The third kappa shape index (κ3) is 3.85. The molecule has 0 saturated heterocycles. The van der Waals surface area contributed by atoms with Gasteiger partial charge >= 0.3 is 0 Å². The van der Waals surface area contributed by atoms with Crippen molar-refractivity contribution in [2.45, 2.75) is 33.4 Å². The first-order chi connectivity index (χ1) is 9.54. The van der Waals surface area contributed by atoms with Gasteiger partial charge in [-0.15, -0.1) is 0 Å². The normalized spacial score (nSPS) is 10.6. The third-order valence-corrected chi connectivity index (χ3v) is 2.68. The van der Waals surface area contributed by atoms with Crippen molar-refractivity contribution < 1.29 is 4.74 Å². The minimum Gasteiger partial charge on any atom is -0.489 e. The molecule has 5 nitrogen and oxygen atoms in total. The van der Waals surface area contributed by atoms with Crippen molar-refractivity contribution in [1.82, 2.24) is 9.97 Å². The molecule has 1 aromatic heterocycles. The molecule has 0 radical (unpaired) electrons. The molecule has 5 heteroatoms. The molecule has 0 aliphatic heterocycles. The number of ether oxygens (including phenoxy) is 1. The van der Waals surface area contributed by atoms with Crippen LogP contribution in [0.5, 0.6) is 5.75 Å². The number of benzene rings is 1. The molecule has 0 unspecified atom stereocenters. The second-order valence-corrected chi connectivity index (χ2v) is 4.87. The molecule has 1 heterocycles. The van der Waals surface area contributed by atoms with Crippen molar-refractivity contribution in [3.63, 3.8) is 0 Å². The van der Waals surface area contributed by atoms with Crippen molar-refractivity contribution in [2.24, 2.45) is 0 Å². The summed E-state index contributed by atoms with van der Waals surface area (Å²) in [6, 6.07) is 7.56. The van der Waals surface area contributed by atoms with Gasteiger partial charge in [-0.1, -0.05) is 0 Å². The summed E-state index contributed by atoms with van der Waals surface area (Å²) >= 11 is 0. The number of hydrogen-bond donors (Lipinski definition) is 2. The third-order valence-electron chi connectivity index (χ3n) is 2.68. The smallest absolute Gasteiger partial charge is 0.144 e. The minimum atomic E-state index is 0.0945. The Labute approximate surface area is 119 Å². The molecular formula is C15H20N4O. The lowest BCUT2D eigenvalue weighted by atomic mass is 10.2. The van der Waals surface area contributed by atoms with Gasteiger partial charge in [0.25, 0.3) is 0 Å². The first-order valence-electron chi connectivity index (χ1n) is 6.63. The van der Waals surface area contributed by atoms with Gasteiger partial charge in [0.1, 0.15) is 11.6 Å². The van der Waals surface area contributed by atoms with Gasteiger partial charge in [0.2, 0.25) is 0 Å². The molecule has 20 heavy (non-hydrogen) atoms. The lowest BCUT2D eigenvalue weighted by molar-refractivity contribution is 0.244. The molecule has 0 saturated carbocycles. The van der Waals surface area contributed by atoms with E-state index in [9.17, 15) is 0 Å². The highest BCUT2D eigenvalue weighted by molar-refractivity contribution is 5.61. The van der Waals surface area contributed by atoms with Gasteiger partial charge in [-0.2, -0.15) is 0 Å². The van der Waals surface area contributed by atoms with Crippen molar-refractivity contribution in [1.29, 1.82) is 0 Å². The number of aromatic nitrogens is 2. The Kier molecular flexibility index (Phi) is 4.40. The Hall–Kier alpha value is -2.30. The average molecular weight is 272 g/mol. The number of nitrogens with two attached hydrogens (primary N) is 1. The lowest BCUT2D eigenvalue weighted by Crippen LogP contribution is -2.08. The number of rotatable bonds is 5. The van der Waals surface area contributed by atoms with Gasteiger partial charge in [0.15, 0.2) is 0 Å². The predicted molar refractivity (Wildman–Crippen MR) is 80.7 cm³/mol. The zero-order valence-electron chi connectivity index (χ0n) is 12.1. The molecule has 0 aliphatic rings. The minimum absolute atomic E-state index is 0.0945. The Morgan fingerprint density at radius 3 is 2.80 bits per heavy atom. The standard InChI is InChI=1S/C15H20N4O/c1-10(2)20-15-8-12(4-5-14(15)16)18-9-13-6-7-17-11(3)19-13/h4-8,10,18H,9,16H2,1-3H3. The number of nitrogens with zero attached hydrogens (tertiary/aromatic N) is 2. The summed E-state index contributed by atoms with van der Waals surface area (Å²) < 4.78 is 5.67. The molecule has 106 valence electrons. The highest BCUT2D eigenvalue weighted by Crippen LogP contribution is 2.26. The van der Waals surface area contributed by atoms with Crippen LogP contribution < -0.4 is 15.8 Å². The van der Waals surface area contributed by atoms with Crippen LogP contribution in [-0.2, 0) is 6.54 Å². The monoisotopic (exact) mass is 272 g/mol. The van der Waals surface area contributed by atoms with Crippen LogP contribution in [0.4, 0.5) is 11.4 Å². The van der Waals surface area contributed by atoms with Crippen LogP contribution in [0.1, 0.15) is 25.4 Å². The molecule has 2 rings (SSSR count). The topological polar surface area (TPSA) is 73.1 Å². The van der Waals surface area contributed by atoms with E-state index >= 15 is 0 Å². The van der Waals surface area contributed by atoms with Crippen molar-refractivity contribution in [2.75, 3.05) is 11.1 Å². The summed E-state index contributed by atoms with van der Waals surface area (Å²) in [5.41, 5.74) is 8.43. The maximum absolute atomic E-state index is 5.89. The van der Waals surface area contributed by atoms with E-state index in [0.717, 1.165) is 17.2 Å². The molecule has 0 aliphatic carbocycles. The predicted octanol–water partition coefficient (Wildman–Crippen LogP) is 2.77. The van der Waals surface area contributed by atoms with Crippen LogP contribution in [0.15, 0.2) is 30.5 Å². The fourth-order valence-corrected chi connectivity index (χ4v) is 1.80. The van der Waals surface area contributed by atoms with E-state index in [1.165, 1.54) is 0 Å². The Bertz CT molecular complexity index is 584. The SMILES string of the molecule is Cc1nccc(CNc2ccc(N)c(OC(C)C)c2)n1. The van der Waals surface area contributed by atoms with E-state index in [-0.39, 0.29) is 6.10 Å². The summed E-state index contributed by atoms with van der Waals surface area (Å²) in [4.78, 5) is 8.42. The zero-order chi connectivity index (χ0) is 14.5. The lowest BCUT2D eigenvalue weighted by Gasteiger charge is -2.14. The molecule has 0 fully saturated rings. The van der Waals surface area contributed by atoms with Crippen molar-refractivity contribution in [3.8, 4) is 5.75 Å². The number of anilines is 2. The van der Waals surface area contributed by atoms with Crippen LogP contribution in [0.2, 0.25) is 0 Å². The van der Waals surface area contributed by atoms with Gasteiger partial charge in [-0.25, -0.2) is 9.97 Å². The second-order valence-electron chi connectivity index (χ2n) is 4.87. The summed E-state index contributed by atoms with van der Waals surface area (Å²) in [5, 5.41) is 3.30. The van der Waals surface area contributed by atoms with E-state index in [2.05, 4.69) is 15.3 Å². The van der Waals surface area contributed by atoms with Crippen LogP contribution in [0.25, 0.3) is 0 Å². The van der Waals surface area contributed by atoms with E-state index in [1.54, 1.807) is 6.20 Å². The van der Waals surface area contributed by atoms with Gasteiger partial charge in [-0.05, 0) is 39.0 Å². The maximum Gasteiger partial charge on any atom is 0.144 e. The van der Waals surface area contributed by atoms with Crippen molar-refractivity contribution >= 4 is 11.4 Å². The van der Waals surface area contributed by atoms with Crippen LogP contribution in [-0.4, -0.2) is 16.1 Å². The Balaban J connectivity index is 2.06. The highest BCUT2D eigenvalue weighted by Gasteiger charge is 2.05. The quantitative estimate of drug-likeness (QED) is 0.819. The average Bonchev–Trinajstić information content (AvgIpc) is 2.39. The van der Waals surface area contributed by atoms with Gasteiger partial charge < -0.3 is 15.8 Å². The van der Waals surface area contributed by atoms with Gasteiger partial charge in [0, 0.05) is 18.0 Å². The largest absolute Gasteiger partial charge is 0.489 e. The second kappa shape index (κ2) is 6.23. The van der Waals surface area contributed by atoms with E-state index in [0.29, 0.717) is 18.0 Å². The number of hydrogen-bond acceptors (Lipinski definition) is 5. The molecule has 1 aromatic carbocycles. The fraction of sp³-hybridized carbons (Fsp3) is 0.333. The molecule has 0 atom stereocenters. The van der Waals surface area contributed by atoms with Gasteiger partial charge in [-0.3, -0.25) is 0 Å². The van der Waals surface area contributed by atoms with Crippen LogP contribution in [0, 0.1) is 6.92 Å². The van der Waals surface area contributed by atoms with E-state index in [1.807, 2.05) is 45.0 Å². The summed E-state index contributed by atoms with van der Waals surface area (Å²) in [6.45, 7) is 6.46. The maximum atomic E-state index is 5.89. The van der Waals surface area contributed by atoms with Crippen LogP contribution >= 0.6 is 0 Å². The van der Waals surface area contributed by atoms with Crippen molar-refractivity contribution in [3.05, 3.63) is 42.0 Å². The zero-order valence-corrected chi connectivity index (χ0v) is 12.1. The molecular weight excluding hydrogens is 252 g/mol. The first kappa shape index (κ1) is 14.1. The van der Waals surface area contributed by atoms with Crippen LogP contribution in [0.3, 0.4) is 0 Å². The molecule has 0 spiro atoms. The number of nitrogens with one attached hydrogen (secondary N) is 1. The molecule has 3 N–H and O–H groups in total. The molecule has 0 amide bonds. The Morgan fingerprint density at radius 1 is 1.30 bits per heavy atom. The van der Waals surface area contributed by atoms with Gasteiger partial charge in [0.05, 0.1) is 24.0 Å². The molecule has 2 aromatic rings. The number of aryl methyl sites for hydroxylation is 1. The Morgan fingerprint density at radius 2 is 2.10 bits per heavy atom. The molecule has 0 bridgehead atoms. The van der Waals surface area contributed by atoms with E-state index < -0.39 is 0 Å². The highest BCUT2D eigenvalue weighted by atomic mass is 16.5. The first-order valence-corrected chi connectivity index (χ1v) is 6.63. The fourth-order valence-electron chi connectivity index (χ4n) is 1.80. The summed E-state index contributed by atoms with van der Waals surface area (Å²) in [5.74, 6) is 1.47.